The molecule has 0 bridgehead atoms. The van der Waals surface area contributed by atoms with E-state index in [2.05, 4.69) is 11.8 Å². The molecule has 1 aliphatic heterocycles. The third kappa shape index (κ3) is 2.12. The van der Waals surface area contributed by atoms with Crippen LogP contribution in [-0.4, -0.2) is 34.7 Å². The molecule has 0 amide bonds. The smallest absolute Gasteiger partial charge is 0.0564 e. The minimum Gasteiger partial charge on any atom is -0.393 e. The summed E-state index contributed by atoms with van der Waals surface area (Å²) < 4.78 is 0. The van der Waals surface area contributed by atoms with Crippen molar-refractivity contribution in [1.82, 2.24) is 4.90 Å². The van der Waals surface area contributed by atoms with Gasteiger partial charge >= 0.3 is 0 Å². The van der Waals surface area contributed by atoms with Crippen LogP contribution in [0.4, 0.5) is 0 Å². The fraction of sp³-hybridized carbons (Fsp3) is 1.00. The molecule has 1 saturated carbocycles. The van der Waals surface area contributed by atoms with Crippen molar-refractivity contribution in [2.45, 2.75) is 63.5 Å². The fourth-order valence-corrected chi connectivity index (χ4v) is 3.04. The second kappa shape index (κ2) is 4.19. The molecule has 2 nitrogen and oxygen atoms in total. The zero-order valence-corrected chi connectivity index (χ0v) is 9.34. The lowest BCUT2D eigenvalue weighted by Gasteiger charge is -2.46. The Hall–Kier alpha value is -0.0800. The molecule has 1 N–H and O–H groups in total. The predicted molar refractivity (Wildman–Crippen MR) is 58.3 cm³/mol. The van der Waals surface area contributed by atoms with Crippen molar-refractivity contribution in [1.29, 1.82) is 0 Å². The van der Waals surface area contributed by atoms with Crippen LogP contribution in [0.2, 0.25) is 0 Å². The third-order valence-electron chi connectivity index (χ3n) is 4.16. The first-order valence-electron chi connectivity index (χ1n) is 6.14. The molecule has 0 aromatic heterocycles. The van der Waals surface area contributed by atoms with E-state index in [1.54, 1.807) is 0 Å². The van der Waals surface area contributed by atoms with Crippen LogP contribution in [0.15, 0.2) is 0 Å². The molecule has 0 aromatic carbocycles. The van der Waals surface area contributed by atoms with Gasteiger partial charge in [-0.2, -0.15) is 0 Å². The molecule has 0 unspecified atom stereocenters. The first-order chi connectivity index (χ1) is 6.71. The Morgan fingerprint density at radius 3 is 2.21 bits per heavy atom. The first-order valence-corrected chi connectivity index (χ1v) is 6.14. The minimum atomic E-state index is -0.0292. The number of likely N-dealkylation sites (tertiary alicyclic amines) is 1. The SMILES string of the molecule is CC1(N2CCC(O)CC2)CCCCC1. The Morgan fingerprint density at radius 2 is 1.64 bits per heavy atom. The number of aliphatic hydroxyl groups is 1. The largest absolute Gasteiger partial charge is 0.393 e. The summed E-state index contributed by atoms with van der Waals surface area (Å²) in [5.41, 5.74) is 0.457. The molecule has 0 atom stereocenters. The van der Waals surface area contributed by atoms with Gasteiger partial charge in [-0.05, 0) is 32.6 Å². The maximum Gasteiger partial charge on any atom is 0.0564 e. The molecule has 2 aliphatic rings. The number of hydrogen-bond acceptors (Lipinski definition) is 2. The zero-order chi connectivity index (χ0) is 10.0. The Bertz CT molecular complexity index is 179. The van der Waals surface area contributed by atoms with Gasteiger partial charge in [0.15, 0.2) is 0 Å². The van der Waals surface area contributed by atoms with E-state index in [0.29, 0.717) is 5.54 Å². The van der Waals surface area contributed by atoms with Crippen molar-refractivity contribution >= 4 is 0 Å². The average Bonchev–Trinajstić information content (AvgIpc) is 2.19. The number of piperidine rings is 1. The van der Waals surface area contributed by atoms with Crippen LogP contribution in [0.5, 0.6) is 0 Å². The van der Waals surface area contributed by atoms with Crippen molar-refractivity contribution < 1.29 is 5.11 Å². The number of nitrogens with zero attached hydrogens (tertiary/aromatic N) is 1. The zero-order valence-electron chi connectivity index (χ0n) is 9.34. The van der Waals surface area contributed by atoms with Gasteiger partial charge in [-0.25, -0.2) is 0 Å². The molecule has 2 fully saturated rings. The summed E-state index contributed by atoms with van der Waals surface area (Å²) in [4.78, 5) is 2.62. The van der Waals surface area contributed by atoms with Crippen LogP contribution in [0.3, 0.4) is 0 Å². The van der Waals surface area contributed by atoms with Crippen LogP contribution in [0.1, 0.15) is 51.9 Å². The van der Waals surface area contributed by atoms with Crippen LogP contribution >= 0.6 is 0 Å². The molecule has 0 spiro atoms. The van der Waals surface area contributed by atoms with Crippen molar-refractivity contribution in [2.24, 2.45) is 0 Å². The molecule has 1 heterocycles. The number of rotatable bonds is 1. The molecule has 0 radical (unpaired) electrons. The van der Waals surface area contributed by atoms with Gasteiger partial charge in [-0.3, -0.25) is 4.90 Å². The van der Waals surface area contributed by atoms with Crippen molar-refractivity contribution in [3.63, 3.8) is 0 Å². The van der Waals surface area contributed by atoms with Gasteiger partial charge < -0.3 is 5.11 Å². The van der Waals surface area contributed by atoms with Gasteiger partial charge in [0, 0.05) is 18.6 Å². The van der Waals surface area contributed by atoms with E-state index in [1.165, 1.54) is 32.1 Å². The Labute approximate surface area is 87.3 Å². The molecular weight excluding hydrogens is 174 g/mol. The summed E-state index contributed by atoms with van der Waals surface area (Å²) >= 11 is 0. The van der Waals surface area contributed by atoms with Gasteiger partial charge in [0.25, 0.3) is 0 Å². The lowest BCUT2D eigenvalue weighted by Crippen LogP contribution is -2.51. The van der Waals surface area contributed by atoms with Crippen LogP contribution in [0, 0.1) is 0 Å². The summed E-state index contributed by atoms with van der Waals surface area (Å²) in [5.74, 6) is 0. The summed E-state index contributed by atoms with van der Waals surface area (Å²) in [6.07, 6.45) is 8.88. The molecule has 14 heavy (non-hydrogen) atoms. The van der Waals surface area contributed by atoms with E-state index >= 15 is 0 Å². The second-order valence-corrected chi connectivity index (χ2v) is 5.28. The molecule has 0 aromatic rings. The first kappa shape index (κ1) is 10.4. The van der Waals surface area contributed by atoms with E-state index in [4.69, 9.17) is 0 Å². The van der Waals surface area contributed by atoms with Gasteiger partial charge in [-0.1, -0.05) is 19.3 Å². The summed E-state index contributed by atoms with van der Waals surface area (Å²) in [5, 5.41) is 9.48. The maximum absolute atomic E-state index is 9.48. The lowest BCUT2D eigenvalue weighted by atomic mass is 9.81. The number of aliphatic hydroxyl groups excluding tert-OH is 1. The summed E-state index contributed by atoms with van der Waals surface area (Å²) in [6.45, 7) is 4.64. The highest BCUT2D eigenvalue weighted by molar-refractivity contribution is 4.91. The normalized spacial score (nSPS) is 30.4. The third-order valence-corrected chi connectivity index (χ3v) is 4.16. The monoisotopic (exact) mass is 197 g/mol. The molecule has 2 rings (SSSR count). The topological polar surface area (TPSA) is 23.5 Å². The van der Waals surface area contributed by atoms with E-state index in [-0.39, 0.29) is 6.10 Å². The average molecular weight is 197 g/mol. The molecular formula is C12H23NO. The van der Waals surface area contributed by atoms with E-state index in [9.17, 15) is 5.11 Å². The highest BCUT2D eigenvalue weighted by Gasteiger charge is 2.34. The van der Waals surface area contributed by atoms with E-state index in [1.807, 2.05) is 0 Å². The van der Waals surface area contributed by atoms with Gasteiger partial charge in [0.1, 0.15) is 0 Å². The van der Waals surface area contributed by atoms with Crippen molar-refractivity contribution in [3.05, 3.63) is 0 Å². The summed E-state index contributed by atoms with van der Waals surface area (Å²) in [6, 6.07) is 0. The van der Waals surface area contributed by atoms with Gasteiger partial charge in [0.05, 0.1) is 6.10 Å². The highest BCUT2D eigenvalue weighted by Crippen LogP contribution is 2.34. The molecule has 1 aliphatic carbocycles. The van der Waals surface area contributed by atoms with E-state index < -0.39 is 0 Å². The molecule has 2 heteroatoms. The Morgan fingerprint density at radius 1 is 1.07 bits per heavy atom. The maximum atomic E-state index is 9.48. The van der Waals surface area contributed by atoms with Gasteiger partial charge in [-0.15, -0.1) is 0 Å². The highest BCUT2D eigenvalue weighted by atomic mass is 16.3. The Balaban J connectivity index is 1.92. The minimum absolute atomic E-state index is 0.0292. The van der Waals surface area contributed by atoms with Gasteiger partial charge in [0.2, 0.25) is 0 Å². The van der Waals surface area contributed by atoms with Crippen LogP contribution in [0.25, 0.3) is 0 Å². The summed E-state index contributed by atoms with van der Waals surface area (Å²) in [7, 11) is 0. The number of hydrogen-bond donors (Lipinski definition) is 1. The van der Waals surface area contributed by atoms with Crippen LogP contribution < -0.4 is 0 Å². The standard InChI is InChI=1S/C12H23NO/c1-12(7-3-2-4-8-12)13-9-5-11(14)6-10-13/h11,14H,2-10H2,1H3. The lowest BCUT2D eigenvalue weighted by molar-refractivity contribution is 0.00515. The van der Waals surface area contributed by atoms with Crippen LogP contribution in [-0.2, 0) is 0 Å². The second-order valence-electron chi connectivity index (χ2n) is 5.28. The molecule has 82 valence electrons. The fourth-order valence-electron chi connectivity index (χ4n) is 3.04. The quantitative estimate of drug-likeness (QED) is 0.696. The van der Waals surface area contributed by atoms with E-state index in [0.717, 1.165) is 25.9 Å². The van der Waals surface area contributed by atoms with Crippen molar-refractivity contribution in [2.75, 3.05) is 13.1 Å². The molecule has 1 saturated heterocycles. The Kier molecular flexibility index (Phi) is 3.13. The predicted octanol–water partition coefficient (Wildman–Crippen LogP) is 2.17. The van der Waals surface area contributed by atoms with Crippen molar-refractivity contribution in [3.8, 4) is 0 Å².